The summed E-state index contributed by atoms with van der Waals surface area (Å²) in [5, 5.41) is 9.51. The Labute approximate surface area is 106 Å². The van der Waals surface area contributed by atoms with Crippen molar-refractivity contribution in [2.75, 3.05) is 6.61 Å². The van der Waals surface area contributed by atoms with Crippen LogP contribution >= 0.6 is 0 Å². The third kappa shape index (κ3) is 2.91. The normalized spacial score (nSPS) is 10.1. The van der Waals surface area contributed by atoms with Gasteiger partial charge in [-0.05, 0) is 43.7 Å². The fraction of sp³-hybridized carbons (Fsp3) is 0.214. The Morgan fingerprint density at radius 1 is 1.28 bits per heavy atom. The zero-order valence-electron chi connectivity index (χ0n) is 10.4. The molecule has 0 aliphatic rings. The predicted molar refractivity (Wildman–Crippen MR) is 68.3 cm³/mol. The Morgan fingerprint density at radius 3 is 2.83 bits per heavy atom. The molecule has 4 heteroatoms. The maximum absolute atomic E-state index is 9.51. The number of benzene rings is 1. The first-order valence-corrected chi connectivity index (χ1v) is 5.75. The number of phenols is 1. The Balaban J connectivity index is 2.27. The molecule has 2 rings (SSSR count). The zero-order chi connectivity index (χ0) is 13.0. The van der Waals surface area contributed by atoms with Gasteiger partial charge in [-0.2, -0.15) is 0 Å². The number of aromatic nitrogens is 1. The molecule has 0 unspecified atom stereocenters. The largest absolute Gasteiger partial charge is 0.508 e. The van der Waals surface area contributed by atoms with E-state index in [2.05, 4.69) is 4.98 Å². The lowest BCUT2D eigenvalue weighted by atomic mass is 10.2. The van der Waals surface area contributed by atoms with Crippen molar-refractivity contribution in [1.29, 1.82) is 0 Å². The summed E-state index contributed by atoms with van der Waals surface area (Å²) in [6.07, 6.45) is 1.63. The number of phenolic OH excluding ortho intramolecular Hbond substituents is 1. The summed E-state index contributed by atoms with van der Waals surface area (Å²) in [5.41, 5.74) is 0.916. The fourth-order valence-corrected chi connectivity index (χ4v) is 1.62. The summed E-state index contributed by atoms with van der Waals surface area (Å²) in [6.45, 7) is 4.32. The molecule has 1 N–H and O–H groups in total. The molecule has 0 saturated heterocycles. The number of pyridine rings is 1. The average Bonchev–Trinajstić information content (AvgIpc) is 2.30. The second-order valence-electron chi connectivity index (χ2n) is 3.85. The van der Waals surface area contributed by atoms with Gasteiger partial charge in [0.2, 0.25) is 0 Å². The predicted octanol–water partition coefficient (Wildman–Crippen LogP) is 3.29. The number of rotatable bonds is 4. The first kappa shape index (κ1) is 12.2. The highest BCUT2D eigenvalue weighted by Crippen LogP contribution is 2.31. The van der Waals surface area contributed by atoms with Crippen LogP contribution in [0.3, 0.4) is 0 Å². The van der Waals surface area contributed by atoms with Crippen LogP contribution in [0.15, 0.2) is 36.5 Å². The SMILES string of the molecule is CCOc1cccnc1Oc1cc(C)cc(O)c1. The van der Waals surface area contributed by atoms with Crippen LogP contribution in [-0.4, -0.2) is 16.7 Å². The van der Waals surface area contributed by atoms with E-state index >= 15 is 0 Å². The van der Waals surface area contributed by atoms with Crippen LogP contribution < -0.4 is 9.47 Å². The molecule has 94 valence electrons. The standard InChI is InChI=1S/C14H15NO3/c1-3-17-13-5-4-6-15-14(13)18-12-8-10(2)7-11(16)9-12/h4-9,16H,3H2,1-2H3. The number of ether oxygens (including phenoxy) is 2. The Kier molecular flexibility index (Phi) is 3.67. The van der Waals surface area contributed by atoms with Gasteiger partial charge in [0.1, 0.15) is 11.5 Å². The second-order valence-corrected chi connectivity index (χ2v) is 3.85. The smallest absolute Gasteiger partial charge is 0.262 e. The quantitative estimate of drug-likeness (QED) is 0.898. The molecule has 0 amide bonds. The highest BCUT2D eigenvalue weighted by Gasteiger charge is 2.07. The van der Waals surface area contributed by atoms with E-state index in [9.17, 15) is 5.11 Å². The molecule has 18 heavy (non-hydrogen) atoms. The van der Waals surface area contributed by atoms with Crippen LogP contribution in [0.1, 0.15) is 12.5 Å². The van der Waals surface area contributed by atoms with Crippen LogP contribution in [-0.2, 0) is 0 Å². The number of hydrogen-bond donors (Lipinski definition) is 1. The molecule has 4 nitrogen and oxygen atoms in total. The molecule has 0 aliphatic carbocycles. The molecule has 0 radical (unpaired) electrons. The van der Waals surface area contributed by atoms with Crippen molar-refractivity contribution in [1.82, 2.24) is 4.98 Å². The summed E-state index contributed by atoms with van der Waals surface area (Å²) in [6, 6.07) is 8.60. The van der Waals surface area contributed by atoms with Crippen LogP contribution in [0.5, 0.6) is 23.1 Å². The summed E-state index contributed by atoms with van der Waals surface area (Å²) >= 11 is 0. The topological polar surface area (TPSA) is 51.6 Å². The summed E-state index contributed by atoms with van der Waals surface area (Å²) in [5.74, 6) is 1.68. The van der Waals surface area contributed by atoms with Gasteiger partial charge >= 0.3 is 0 Å². The van der Waals surface area contributed by atoms with E-state index in [4.69, 9.17) is 9.47 Å². The molecular weight excluding hydrogens is 230 g/mol. The Hall–Kier alpha value is -2.23. The van der Waals surface area contributed by atoms with Crippen molar-refractivity contribution in [3.63, 3.8) is 0 Å². The molecule has 1 aromatic carbocycles. The van der Waals surface area contributed by atoms with Crippen LogP contribution in [0.4, 0.5) is 0 Å². The number of aromatic hydroxyl groups is 1. The summed E-state index contributed by atoms with van der Waals surface area (Å²) < 4.78 is 11.0. The van der Waals surface area contributed by atoms with Crippen LogP contribution in [0, 0.1) is 6.92 Å². The molecule has 0 aliphatic heterocycles. The molecule has 1 heterocycles. The summed E-state index contributed by atoms with van der Waals surface area (Å²) in [4.78, 5) is 4.12. The van der Waals surface area contributed by atoms with Gasteiger partial charge in [-0.25, -0.2) is 4.98 Å². The third-order valence-corrected chi connectivity index (χ3v) is 2.29. The van der Waals surface area contributed by atoms with E-state index in [-0.39, 0.29) is 5.75 Å². The molecule has 0 atom stereocenters. The van der Waals surface area contributed by atoms with E-state index in [0.717, 1.165) is 5.56 Å². The Morgan fingerprint density at radius 2 is 2.11 bits per heavy atom. The number of aryl methyl sites for hydroxylation is 1. The minimum Gasteiger partial charge on any atom is -0.508 e. The van der Waals surface area contributed by atoms with Crippen molar-refractivity contribution in [3.8, 4) is 23.1 Å². The lowest BCUT2D eigenvalue weighted by molar-refractivity contribution is 0.316. The average molecular weight is 245 g/mol. The van der Waals surface area contributed by atoms with Crippen molar-refractivity contribution in [2.24, 2.45) is 0 Å². The maximum atomic E-state index is 9.51. The molecule has 0 spiro atoms. The Bertz CT molecular complexity index is 520. The van der Waals surface area contributed by atoms with E-state index in [0.29, 0.717) is 24.0 Å². The minimum absolute atomic E-state index is 0.166. The maximum Gasteiger partial charge on any atom is 0.262 e. The molecular formula is C14H15NO3. The van der Waals surface area contributed by atoms with Gasteiger partial charge in [0.25, 0.3) is 5.88 Å². The summed E-state index contributed by atoms with van der Waals surface area (Å²) in [7, 11) is 0. The van der Waals surface area contributed by atoms with E-state index in [1.54, 1.807) is 24.4 Å². The second kappa shape index (κ2) is 5.40. The van der Waals surface area contributed by atoms with Gasteiger partial charge < -0.3 is 14.6 Å². The molecule has 0 saturated carbocycles. The van der Waals surface area contributed by atoms with Gasteiger partial charge in [-0.3, -0.25) is 0 Å². The van der Waals surface area contributed by atoms with Crippen molar-refractivity contribution < 1.29 is 14.6 Å². The third-order valence-electron chi connectivity index (χ3n) is 2.29. The van der Waals surface area contributed by atoms with Crippen molar-refractivity contribution in [2.45, 2.75) is 13.8 Å². The van der Waals surface area contributed by atoms with E-state index in [1.807, 2.05) is 19.9 Å². The van der Waals surface area contributed by atoms with E-state index in [1.165, 1.54) is 6.07 Å². The van der Waals surface area contributed by atoms with Gasteiger partial charge in [0, 0.05) is 12.3 Å². The number of nitrogens with zero attached hydrogens (tertiary/aromatic N) is 1. The first-order valence-electron chi connectivity index (χ1n) is 5.75. The monoisotopic (exact) mass is 245 g/mol. The van der Waals surface area contributed by atoms with Gasteiger partial charge in [0.05, 0.1) is 6.61 Å². The number of hydrogen-bond acceptors (Lipinski definition) is 4. The lowest BCUT2D eigenvalue weighted by Gasteiger charge is -2.10. The molecule has 0 bridgehead atoms. The first-order chi connectivity index (χ1) is 8.69. The fourth-order valence-electron chi connectivity index (χ4n) is 1.62. The molecule has 0 fully saturated rings. The van der Waals surface area contributed by atoms with Gasteiger partial charge in [-0.15, -0.1) is 0 Å². The molecule has 2 aromatic rings. The highest BCUT2D eigenvalue weighted by atomic mass is 16.5. The van der Waals surface area contributed by atoms with Crippen molar-refractivity contribution >= 4 is 0 Å². The lowest BCUT2D eigenvalue weighted by Crippen LogP contribution is -1.96. The van der Waals surface area contributed by atoms with Gasteiger partial charge in [0.15, 0.2) is 5.75 Å². The van der Waals surface area contributed by atoms with E-state index < -0.39 is 0 Å². The van der Waals surface area contributed by atoms with Crippen LogP contribution in [0.2, 0.25) is 0 Å². The van der Waals surface area contributed by atoms with Crippen LogP contribution in [0.25, 0.3) is 0 Å². The zero-order valence-corrected chi connectivity index (χ0v) is 10.4. The van der Waals surface area contributed by atoms with Gasteiger partial charge in [-0.1, -0.05) is 0 Å². The minimum atomic E-state index is 0.166. The highest BCUT2D eigenvalue weighted by molar-refractivity contribution is 5.41. The van der Waals surface area contributed by atoms with Crippen molar-refractivity contribution in [3.05, 3.63) is 42.1 Å². The molecule has 1 aromatic heterocycles.